The van der Waals surface area contributed by atoms with E-state index in [1.54, 1.807) is 22.6 Å². The van der Waals surface area contributed by atoms with Gasteiger partial charge in [-0.15, -0.1) is 13.2 Å². The molecule has 0 amide bonds. The van der Waals surface area contributed by atoms with Crippen LogP contribution in [0, 0.1) is 3.70 Å². The molecule has 16 heavy (non-hydrogen) atoms. The monoisotopic (exact) mass is 347 g/mol. The Morgan fingerprint density at radius 3 is 2.56 bits per heavy atom. The van der Waals surface area contributed by atoms with Gasteiger partial charge in [0.05, 0.1) is 12.7 Å². The second-order valence-corrected chi connectivity index (χ2v) is 3.64. The maximum Gasteiger partial charge on any atom is 0.573 e. The predicted molar refractivity (Wildman–Crippen MR) is 55.6 cm³/mol. The van der Waals surface area contributed by atoms with Crippen molar-refractivity contribution in [1.82, 2.24) is 4.98 Å². The summed E-state index contributed by atoms with van der Waals surface area (Å²) < 4.78 is 44.8. The Kier molecular flexibility index (Phi) is 3.94. The molecule has 1 rings (SSSR count). The molecule has 88 valence electrons. The minimum Gasteiger partial charge on any atom is -0.478 e. The van der Waals surface area contributed by atoms with Crippen molar-refractivity contribution in [2.24, 2.45) is 0 Å². The first kappa shape index (κ1) is 13.0. The Morgan fingerprint density at radius 2 is 2.12 bits per heavy atom. The fraction of sp³-hybridized carbons (Fsp3) is 0.250. The third-order valence-corrected chi connectivity index (χ3v) is 2.03. The van der Waals surface area contributed by atoms with Gasteiger partial charge < -0.3 is 9.47 Å². The quantitative estimate of drug-likeness (QED) is 0.479. The van der Waals surface area contributed by atoms with Gasteiger partial charge in [0.1, 0.15) is 3.70 Å². The van der Waals surface area contributed by atoms with Gasteiger partial charge in [-0.05, 0) is 28.7 Å². The van der Waals surface area contributed by atoms with Gasteiger partial charge >= 0.3 is 6.36 Å². The Labute approximate surface area is 102 Å². The fourth-order valence-corrected chi connectivity index (χ4v) is 1.50. The van der Waals surface area contributed by atoms with Gasteiger partial charge in [0.2, 0.25) is 5.75 Å². The van der Waals surface area contributed by atoms with Crippen molar-refractivity contribution in [1.29, 1.82) is 0 Å². The Bertz CT molecular complexity index is 408. The van der Waals surface area contributed by atoms with Crippen LogP contribution in [0.3, 0.4) is 0 Å². The number of aromatic nitrogens is 1. The smallest absolute Gasteiger partial charge is 0.478 e. The molecule has 0 spiro atoms. The lowest BCUT2D eigenvalue weighted by Gasteiger charge is -2.13. The summed E-state index contributed by atoms with van der Waals surface area (Å²) in [4.78, 5) is 14.3. The van der Waals surface area contributed by atoms with Gasteiger partial charge in [-0.25, -0.2) is 4.98 Å². The van der Waals surface area contributed by atoms with Crippen molar-refractivity contribution in [3.8, 4) is 11.6 Å². The van der Waals surface area contributed by atoms with Crippen molar-refractivity contribution in [3.63, 3.8) is 0 Å². The van der Waals surface area contributed by atoms with E-state index < -0.39 is 12.1 Å². The van der Waals surface area contributed by atoms with Gasteiger partial charge in [-0.2, -0.15) is 0 Å². The van der Waals surface area contributed by atoms with Crippen molar-refractivity contribution in [2.45, 2.75) is 6.36 Å². The molecular weight excluding hydrogens is 342 g/mol. The first-order valence-electron chi connectivity index (χ1n) is 3.83. The second-order valence-electron chi connectivity index (χ2n) is 2.54. The summed E-state index contributed by atoms with van der Waals surface area (Å²) in [6.45, 7) is 0. The van der Waals surface area contributed by atoms with Crippen LogP contribution in [0.1, 0.15) is 10.4 Å². The first-order valence-corrected chi connectivity index (χ1v) is 4.90. The predicted octanol–water partition coefficient (Wildman–Crippen LogP) is 2.41. The van der Waals surface area contributed by atoms with Crippen LogP contribution in [0.25, 0.3) is 0 Å². The summed E-state index contributed by atoms with van der Waals surface area (Å²) in [7, 11) is 1.14. The number of carbonyl (C=O) groups is 1. The van der Waals surface area contributed by atoms with Crippen molar-refractivity contribution < 1.29 is 27.4 Å². The molecule has 0 saturated heterocycles. The Hall–Kier alpha value is -1.06. The average molecular weight is 347 g/mol. The number of pyridine rings is 1. The molecule has 0 fully saturated rings. The molecule has 0 aliphatic rings. The van der Waals surface area contributed by atoms with E-state index in [2.05, 4.69) is 14.5 Å². The van der Waals surface area contributed by atoms with Crippen LogP contribution in [0.15, 0.2) is 6.07 Å². The highest BCUT2D eigenvalue weighted by Crippen LogP contribution is 2.33. The molecule has 0 aromatic carbocycles. The molecule has 1 aromatic rings. The number of rotatable bonds is 3. The van der Waals surface area contributed by atoms with Crippen LogP contribution in [0.4, 0.5) is 13.2 Å². The van der Waals surface area contributed by atoms with E-state index in [0.29, 0.717) is 3.70 Å². The van der Waals surface area contributed by atoms with E-state index in [-0.39, 0.29) is 17.7 Å². The number of nitrogens with zero attached hydrogens (tertiary/aromatic N) is 1. The number of halogens is 4. The Balaban J connectivity index is 3.27. The van der Waals surface area contributed by atoms with E-state index in [1.807, 2.05) is 0 Å². The number of methoxy groups -OCH3 is 1. The van der Waals surface area contributed by atoms with Gasteiger partial charge in [-0.1, -0.05) is 0 Å². The van der Waals surface area contributed by atoms with E-state index in [9.17, 15) is 18.0 Å². The average Bonchev–Trinajstić information content (AvgIpc) is 2.18. The lowest BCUT2D eigenvalue weighted by molar-refractivity contribution is -0.275. The maximum absolute atomic E-state index is 12.1. The number of carbonyl (C=O) groups excluding carboxylic acids is 1. The summed E-state index contributed by atoms with van der Waals surface area (Å²) in [5, 5.41) is 0. The lowest BCUT2D eigenvalue weighted by atomic mass is 10.2. The number of ether oxygens (including phenoxy) is 2. The summed E-state index contributed by atoms with van der Waals surface area (Å²) in [5.74, 6) is -1.11. The summed E-state index contributed by atoms with van der Waals surface area (Å²) in [6, 6.07) is 1.16. The highest BCUT2D eigenvalue weighted by atomic mass is 127. The molecular formula is C8H5F3INO3. The van der Waals surface area contributed by atoms with E-state index in [4.69, 9.17) is 0 Å². The molecule has 1 aromatic heterocycles. The minimum atomic E-state index is -4.90. The number of alkyl halides is 3. The number of hydrogen-bond acceptors (Lipinski definition) is 4. The Morgan fingerprint density at radius 1 is 1.50 bits per heavy atom. The number of aldehydes is 1. The summed E-state index contributed by atoms with van der Waals surface area (Å²) in [6.07, 6.45) is -4.66. The van der Waals surface area contributed by atoms with Crippen LogP contribution in [-0.4, -0.2) is 24.7 Å². The lowest BCUT2D eigenvalue weighted by Crippen LogP contribution is -2.19. The molecule has 0 aliphatic heterocycles. The summed E-state index contributed by atoms with van der Waals surface area (Å²) >= 11 is 1.74. The van der Waals surface area contributed by atoms with E-state index in [0.717, 1.165) is 13.2 Å². The molecule has 0 bridgehead atoms. The van der Waals surface area contributed by atoms with Gasteiger partial charge in [-0.3, -0.25) is 4.79 Å². The van der Waals surface area contributed by atoms with Crippen LogP contribution < -0.4 is 9.47 Å². The van der Waals surface area contributed by atoms with Gasteiger partial charge in [0.25, 0.3) is 5.88 Å². The largest absolute Gasteiger partial charge is 0.573 e. The van der Waals surface area contributed by atoms with E-state index >= 15 is 0 Å². The molecule has 0 saturated carbocycles. The first-order chi connectivity index (χ1) is 7.37. The molecule has 0 aliphatic carbocycles. The van der Waals surface area contributed by atoms with Crippen LogP contribution in [0.5, 0.6) is 11.6 Å². The highest BCUT2D eigenvalue weighted by Gasteiger charge is 2.34. The molecule has 0 radical (unpaired) electrons. The van der Waals surface area contributed by atoms with Crippen molar-refractivity contribution in [3.05, 3.63) is 15.3 Å². The zero-order valence-corrected chi connectivity index (χ0v) is 10.00. The molecule has 8 heteroatoms. The fourth-order valence-electron chi connectivity index (χ4n) is 0.942. The standard InChI is InChI=1S/C8H5F3INO3/c1-15-7-6(16-8(9,10)11)4(3-14)2-5(12)13-7/h2-3H,1H3. The van der Waals surface area contributed by atoms with Crippen LogP contribution in [-0.2, 0) is 0 Å². The topological polar surface area (TPSA) is 48.4 Å². The molecule has 0 unspecified atom stereocenters. The van der Waals surface area contributed by atoms with Crippen molar-refractivity contribution in [2.75, 3.05) is 7.11 Å². The van der Waals surface area contributed by atoms with Crippen LogP contribution >= 0.6 is 22.6 Å². The molecule has 4 nitrogen and oxygen atoms in total. The van der Waals surface area contributed by atoms with E-state index in [1.165, 1.54) is 0 Å². The third kappa shape index (κ3) is 3.22. The summed E-state index contributed by atoms with van der Waals surface area (Å²) in [5.41, 5.74) is -0.270. The van der Waals surface area contributed by atoms with Gasteiger partial charge in [0.15, 0.2) is 6.29 Å². The maximum atomic E-state index is 12.1. The number of hydrogen-bond donors (Lipinski definition) is 0. The zero-order chi connectivity index (χ0) is 12.3. The normalized spacial score (nSPS) is 11.1. The third-order valence-electron chi connectivity index (χ3n) is 1.48. The minimum absolute atomic E-state index is 0.243. The molecule has 0 N–H and O–H groups in total. The second kappa shape index (κ2) is 4.85. The highest BCUT2D eigenvalue weighted by molar-refractivity contribution is 14.1. The van der Waals surface area contributed by atoms with Crippen LogP contribution in [0.2, 0.25) is 0 Å². The van der Waals surface area contributed by atoms with Gasteiger partial charge in [0, 0.05) is 0 Å². The molecule has 0 atom stereocenters. The van der Waals surface area contributed by atoms with Crippen molar-refractivity contribution >= 4 is 28.9 Å². The SMILES string of the molecule is COc1nc(I)cc(C=O)c1OC(F)(F)F. The molecule has 1 heterocycles. The zero-order valence-electron chi connectivity index (χ0n) is 7.84.